The van der Waals surface area contributed by atoms with Crippen molar-refractivity contribution in [3.63, 3.8) is 0 Å². The van der Waals surface area contributed by atoms with E-state index in [0.717, 1.165) is 33.8 Å². The van der Waals surface area contributed by atoms with Gasteiger partial charge < -0.3 is 14.0 Å². The van der Waals surface area contributed by atoms with Gasteiger partial charge in [-0.15, -0.1) is 0 Å². The molecule has 3 rings (SSSR count). The van der Waals surface area contributed by atoms with Gasteiger partial charge in [-0.25, -0.2) is 0 Å². The Morgan fingerprint density at radius 3 is 2.67 bits per heavy atom. The summed E-state index contributed by atoms with van der Waals surface area (Å²) in [5, 5.41) is 13.0. The van der Waals surface area contributed by atoms with E-state index in [1.807, 2.05) is 43.3 Å². The summed E-state index contributed by atoms with van der Waals surface area (Å²) in [6, 6.07) is 11.8. The first kappa shape index (κ1) is 13.5. The standard InChI is InChI=1S/C17H17NO3/c1-11(18-19)7-9-16-17(15-10-8-12(2)20-15)13-5-3-4-6-14(13)21-16/h3-6,8,10,19H,7,9H2,1-2H3/b18-11+. The first-order chi connectivity index (χ1) is 10.2. The molecule has 1 aromatic carbocycles. The molecule has 0 aliphatic heterocycles. The Hall–Kier alpha value is -2.49. The number of hydrogen-bond donors (Lipinski definition) is 1. The molecular weight excluding hydrogens is 266 g/mol. The Labute approximate surface area is 122 Å². The van der Waals surface area contributed by atoms with Crippen molar-refractivity contribution in [2.45, 2.75) is 26.7 Å². The quantitative estimate of drug-likeness (QED) is 0.425. The number of nitrogens with zero attached hydrogens (tertiary/aromatic N) is 1. The molecular formula is C17H17NO3. The molecule has 2 heterocycles. The highest BCUT2D eigenvalue weighted by atomic mass is 16.4. The monoisotopic (exact) mass is 283 g/mol. The molecule has 0 atom stereocenters. The van der Waals surface area contributed by atoms with E-state index in [1.165, 1.54) is 0 Å². The van der Waals surface area contributed by atoms with Gasteiger partial charge in [-0.1, -0.05) is 23.4 Å². The highest BCUT2D eigenvalue weighted by Gasteiger charge is 2.18. The van der Waals surface area contributed by atoms with Gasteiger partial charge in [-0.2, -0.15) is 0 Å². The SMILES string of the molecule is C/C(CCc1oc2ccccc2c1-c1ccc(C)o1)=N\O. The van der Waals surface area contributed by atoms with Gasteiger partial charge in [0.2, 0.25) is 0 Å². The van der Waals surface area contributed by atoms with Crippen molar-refractivity contribution < 1.29 is 14.0 Å². The molecule has 2 aromatic heterocycles. The lowest BCUT2D eigenvalue weighted by atomic mass is 10.0. The van der Waals surface area contributed by atoms with Crippen LogP contribution in [0.1, 0.15) is 24.9 Å². The van der Waals surface area contributed by atoms with Crippen molar-refractivity contribution in [3.8, 4) is 11.3 Å². The number of aryl methyl sites for hydroxylation is 2. The summed E-state index contributed by atoms with van der Waals surface area (Å²) in [6.07, 6.45) is 1.31. The van der Waals surface area contributed by atoms with Gasteiger partial charge in [-0.05, 0) is 38.5 Å². The van der Waals surface area contributed by atoms with Crippen LogP contribution in [0, 0.1) is 6.92 Å². The molecule has 4 nitrogen and oxygen atoms in total. The first-order valence-corrected chi connectivity index (χ1v) is 6.94. The zero-order valence-electron chi connectivity index (χ0n) is 12.1. The maximum absolute atomic E-state index is 8.78. The van der Waals surface area contributed by atoms with Crippen LogP contribution in [-0.4, -0.2) is 10.9 Å². The lowest BCUT2D eigenvalue weighted by Gasteiger charge is -2.00. The van der Waals surface area contributed by atoms with Gasteiger partial charge in [0.1, 0.15) is 22.9 Å². The average Bonchev–Trinajstić information content (AvgIpc) is 3.07. The number of para-hydroxylation sites is 1. The summed E-state index contributed by atoms with van der Waals surface area (Å²) < 4.78 is 11.7. The van der Waals surface area contributed by atoms with E-state index in [4.69, 9.17) is 14.0 Å². The molecule has 0 amide bonds. The van der Waals surface area contributed by atoms with Crippen molar-refractivity contribution in [1.29, 1.82) is 0 Å². The van der Waals surface area contributed by atoms with Crippen molar-refractivity contribution in [1.82, 2.24) is 0 Å². The number of benzene rings is 1. The third-order valence-electron chi connectivity index (χ3n) is 3.54. The minimum absolute atomic E-state index is 0.642. The predicted octanol–water partition coefficient (Wildman–Crippen LogP) is 4.78. The van der Waals surface area contributed by atoms with Gasteiger partial charge >= 0.3 is 0 Å². The molecule has 0 aliphatic carbocycles. The molecule has 0 spiro atoms. The molecule has 108 valence electrons. The van der Waals surface area contributed by atoms with Crippen LogP contribution in [0.4, 0.5) is 0 Å². The zero-order valence-corrected chi connectivity index (χ0v) is 12.1. The molecule has 4 heteroatoms. The van der Waals surface area contributed by atoms with Crippen molar-refractivity contribution >= 4 is 16.7 Å². The van der Waals surface area contributed by atoms with Crippen LogP contribution in [0.25, 0.3) is 22.3 Å². The Bertz CT molecular complexity index is 795. The fourth-order valence-corrected chi connectivity index (χ4v) is 2.46. The smallest absolute Gasteiger partial charge is 0.138 e. The summed E-state index contributed by atoms with van der Waals surface area (Å²) in [4.78, 5) is 0. The number of furan rings is 2. The van der Waals surface area contributed by atoms with Gasteiger partial charge in [-0.3, -0.25) is 0 Å². The maximum atomic E-state index is 8.78. The normalized spacial score (nSPS) is 12.2. The van der Waals surface area contributed by atoms with Crippen molar-refractivity contribution in [2.24, 2.45) is 5.16 Å². The van der Waals surface area contributed by atoms with Crippen LogP contribution in [-0.2, 0) is 6.42 Å². The van der Waals surface area contributed by atoms with E-state index < -0.39 is 0 Å². The van der Waals surface area contributed by atoms with E-state index in [-0.39, 0.29) is 0 Å². The lowest BCUT2D eigenvalue weighted by Crippen LogP contribution is -1.95. The van der Waals surface area contributed by atoms with Gasteiger partial charge in [0.25, 0.3) is 0 Å². The Kier molecular flexibility index (Phi) is 3.52. The summed E-state index contributed by atoms with van der Waals surface area (Å²) in [6.45, 7) is 3.72. The topological polar surface area (TPSA) is 58.9 Å². The van der Waals surface area contributed by atoms with Crippen LogP contribution < -0.4 is 0 Å². The lowest BCUT2D eigenvalue weighted by molar-refractivity contribution is 0.317. The Balaban J connectivity index is 2.10. The van der Waals surface area contributed by atoms with Gasteiger partial charge in [0.15, 0.2) is 0 Å². The molecule has 0 saturated heterocycles. The molecule has 3 aromatic rings. The minimum Gasteiger partial charge on any atom is -0.461 e. The summed E-state index contributed by atoms with van der Waals surface area (Å²) in [7, 11) is 0. The van der Waals surface area contributed by atoms with Crippen LogP contribution in [0.3, 0.4) is 0 Å². The predicted molar refractivity (Wildman–Crippen MR) is 81.9 cm³/mol. The molecule has 0 fully saturated rings. The van der Waals surface area contributed by atoms with Crippen LogP contribution >= 0.6 is 0 Å². The maximum Gasteiger partial charge on any atom is 0.138 e. The molecule has 0 aliphatic rings. The number of rotatable bonds is 4. The second kappa shape index (κ2) is 5.48. The van der Waals surface area contributed by atoms with Crippen molar-refractivity contribution in [3.05, 3.63) is 47.9 Å². The van der Waals surface area contributed by atoms with E-state index in [1.54, 1.807) is 6.92 Å². The largest absolute Gasteiger partial charge is 0.461 e. The zero-order chi connectivity index (χ0) is 14.8. The number of fused-ring (bicyclic) bond motifs is 1. The summed E-state index contributed by atoms with van der Waals surface area (Å²) >= 11 is 0. The van der Waals surface area contributed by atoms with E-state index in [2.05, 4.69) is 5.16 Å². The summed E-state index contributed by atoms with van der Waals surface area (Å²) in [5.41, 5.74) is 2.51. The third-order valence-corrected chi connectivity index (χ3v) is 3.54. The number of oxime groups is 1. The van der Waals surface area contributed by atoms with E-state index in [9.17, 15) is 0 Å². The Morgan fingerprint density at radius 1 is 1.14 bits per heavy atom. The Morgan fingerprint density at radius 2 is 1.95 bits per heavy atom. The van der Waals surface area contributed by atoms with Crippen LogP contribution in [0.2, 0.25) is 0 Å². The average molecular weight is 283 g/mol. The highest BCUT2D eigenvalue weighted by Crippen LogP contribution is 2.36. The summed E-state index contributed by atoms with van der Waals surface area (Å²) in [5.74, 6) is 2.54. The minimum atomic E-state index is 0.642. The second-order valence-electron chi connectivity index (χ2n) is 5.14. The second-order valence-corrected chi connectivity index (χ2v) is 5.14. The van der Waals surface area contributed by atoms with Gasteiger partial charge in [0, 0.05) is 11.8 Å². The van der Waals surface area contributed by atoms with Crippen molar-refractivity contribution in [2.75, 3.05) is 0 Å². The molecule has 0 radical (unpaired) electrons. The van der Waals surface area contributed by atoms with E-state index in [0.29, 0.717) is 18.6 Å². The van der Waals surface area contributed by atoms with Gasteiger partial charge in [0.05, 0.1) is 11.3 Å². The molecule has 0 bridgehead atoms. The first-order valence-electron chi connectivity index (χ1n) is 6.94. The molecule has 0 saturated carbocycles. The van der Waals surface area contributed by atoms with Crippen LogP contribution in [0.5, 0.6) is 0 Å². The fraction of sp³-hybridized carbons (Fsp3) is 0.235. The number of hydrogen-bond acceptors (Lipinski definition) is 4. The fourth-order valence-electron chi connectivity index (χ4n) is 2.46. The van der Waals surface area contributed by atoms with Crippen LogP contribution in [0.15, 0.2) is 50.4 Å². The molecule has 1 N–H and O–H groups in total. The molecule has 0 unspecified atom stereocenters. The third kappa shape index (κ3) is 2.57. The highest BCUT2D eigenvalue weighted by molar-refractivity contribution is 5.94. The molecule has 21 heavy (non-hydrogen) atoms. The van der Waals surface area contributed by atoms with E-state index >= 15 is 0 Å².